The number of nitrogens with zero attached hydrogens (tertiary/aromatic N) is 2. The van der Waals surface area contributed by atoms with Crippen LogP contribution in [0.1, 0.15) is 24.8 Å². The van der Waals surface area contributed by atoms with E-state index in [1.54, 1.807) is 0 Å². The van der Waals surface area contributed by atoms with Gasteiger partial charge in [-0.15, -0.1) is 24.8 Å². The van der Waals surface area contributed by atoms with Crippen LogP contribution >= 0.6 is 24.8 Å². The molecule has 0 radical (unpaired) electrons. The van der Waals surface area contributed by atoms with Crippen LogP contribution in [0.4, 0.5) is 0 Å². The highest BCUT2D eigenvalue weighted by Gasteiger charge is 2.41. The maximum absolute atomic E-state index is 13.1. The standard InChI is InChI=1S/C19H27N3O2.2ClH/c23-19(22-16-6-7-17(22)12-20-9-8-16)18-14-21(10-11-24-18)13-15-4-2-1-3-5-15;;/h1-5,16-18,20H,6-14H2;2*1H. The zero-order valence-corrected chi connectivity index (χ0v) is 16.6. The molecule has 3 unspecified atom stereocenters. The van der Waals surface area contributed by atoms with Crippen molar-refractivity contribution >= 4 is 30.7 Å². The number of hydrogen-bond acceptors (Lipinski definition) is 4. The summed E-state index contributed by atoms with van der Waals surface area (Å²) in [4.78, 5) is 17.6. The van der Waals surface area contributed by atoms with E-state index in [2.05, 4.69) is 39.4 Å². The van der Waals surface area contributed by atoms with Crippen molar-refractivity contribution in [3.05, 3.63) is 35.9 Å². The number of fused-ring (bicyclic) bond motifs is 2. The van der Waals surface area contributed by atoms with E-state index in [9.17, 15) is 4.79 Å². The molecule has 3 heterocycles. The van der Waals surface area contributed by atoms with Crippen molar-refractivity contribution in [2.45, 2.75) is 44.0 Å². The van der Waals surface area contributed by atoms with E-state index in [-0.39, 0.29) is 36.8 Å². The molecule has 146 valence electrons. The molecular formula is C19H29Cl2N3O2. The second-order valence-electron chi connectivity index (χ2n) is 7.20. The fourth-order valence-electron chi connectivity index (χ4n) is 4.35. The number of rotatable bonds is 3. The fourth-order valence-corrected chi connectivity index (χ4v) is 4.35. The molecule has 3 fully saturated rings. The Bertz CT molecular complexity index is 561. The van der Waals surface area contributed by atoms with Crippen LogP contribution in [0, 0.1) is 0 Å². The molecule has 0 aliphatic carbocycles. The van der Waals surface area contributed by atoms with Gasteiger partial charge < -0.3 is 15.0 Å². The molecule has 3 aliphatic heterocycles. The van der Waals surface area contributed by atoms with Crippen molar-refractivity contribution < 1.29 is 9.53 Å². The molecule has 1 aromatic carbocycles. The molecule has 3 aliphatic rings. The minimum atomic E-state index is -0.302. The van der Waals surface area contributed by atoms with Gasteiger partial charge in [-0.25, -0.2) is 0 Å². The third-order valence-corrected chi connectivity index (χ3v) is 5.58. The average molecular weight is 402 g/mol. The van der Waals surface area contributed by atoms with Crippen LogP contribution < -0.4 is 5.32 Å². The molecular weight excluding hydrogens is 373 g/mol. The van der Waals surface area contributed by atoms with Crippen molar-refractivity contribution in [1.82, 2.24) is 15.1 Å². The van der Waals surface area contributed by atoms with Crippen LogP contribution in [0.3, 0.4) is 0 Å². The van der Waals surface area contributed by atoms with Gasteiger partial charge in [-0.2, -0.15) is 0 Å². The summed E-state index contributed by atoms with van der Waals surface area (Å²) in [6, 6.07) is 11.2. The zero-order valence-electron chi connectivity index (χ0n) is 15.0. The molecule has 3 atom stereocenters. The van der Waals surface area contributed by atoms with Crippen molar-refractivity contribution in [2.75, 3.05) is 32.8 Å². The Labute approximate surface area is 168 Å². The molecule has 0 spiro atoms. The Kier molecular flexibility index (Phi) is 8.17. The summed E-state index contributed by atoms with van der Waals surface area (Å²) in [5.41, 5.74) is 1.30. The predicted octanol–water partition coefficient (Wildman–Crippen LogP) is 2.08. The van der Waals surface area contributed by atoms with Gasteiger partial charge in [0.2, 0.25) is 0 Å². The summed E-state index contributed by atoms with van der Waals surface area (Å²) < 4.78 is 5.87. The monoisotopic (exact) mass is 401 g/mol. The van der Waals surface area contributed by atoms with E-state index >= 15 is 0 Å². The normalized spacial score (nSPS) is 28.6. The minimum absolute atomic E-state index is 0. The summed E-state index contributed by atoms with van der Waals surface area (Å²) in [6.45, 7) is 5.09. The van der Waals surface area contributed by atoms with Crippen molar-refractivity contribution in [3.8, 4) is 0 Å². The number of amides is 1. The molecule has 4 rings (SSSR count). The maximum atomic E-state index is 13.1. The number of carbonyl (C=O) groups excluding carboxylic acids is 1. The molecule has 3 saturated heterocycles. The number of ether oxygens (including phenoxy) is 1. The number of morpholine rings is 1. The topological polar surface area (TPSA) is 44.8 Å². The second kappa shape index (κ2) is 9.90. The van der Waals surface area contributed by atoms with E-state index < -0.39 is 0 Å². The van der Waals surface area contributed by atoms with Crippen LogP contribution in [-0.2, 0) is 16.1 Å². The quantitative estimate of drug-likeness (QED) is 0.841. The summed E-state index contributed by atoms with van der Waals surface area (Å²) >= 11 is 0. The summed E-state index contributed by atoms with van der Waals surface area (Å²) in [5.74, 6) is 0.212. The van der Waals surface area contributed by atoms with Gasteiger partial charge in [0.05, 0.1) is 6.61 Å². The highest BCUT2D eigenvalue weighted by atomic mass is 35.5. The van der Waals surface area contributed by atoms with Crippen molar-refractivity contribution in [2.24, 2.45) is 0 Å². The average Bonchev–Trinajstić information content (AvgIpc) is 2.88. The maximum Gasteiger partial charge on any atom is 0.253 e. The SMILES string of the molecule is Cl.Cl.O=C(C1CN(Cc2ccccc2)CCO1)N1C2CCNCC1CC2. The Morgan fingerprint density at radius 1 is 1.12 bits per heavy atom. The van der Waals surface area contributed by atoms with Gasteiger partial charge in [0.1, 0.15) is 6.10 Å². The highest BCUT2D eigenvalue weighted by molar-refractivity contribution is 5.85. The summed E-state index contributed by atoms with van der Waals surface area (Å²) in [5, 5.41) is 3.46. The number of hydrogen-bond donors (Lipinski definition) is 1. The predicted molar refractivity (Wildman–Crippen MR) is 107 cm³/mol. The van der Waals surface area contributed by atoms with E-state index in [1.165, 1.54) is 5.56 Å². The third-order valence-electron chi connectivity index (χ3n) is 5.58. The lowest BCUT2D eigenvalue weighted by Gasteiger charge is -2.37. The number of halogens is 2. The first kappa shape index (κ1) is 21.5. The lowest BCUT2D eigenvalue weighted by molar-refractivity contribution is -0.152. The lowest BCUT2D eigenvalue weighted by atomic mass is 10.1. The Balaban J connectivity index is 0.00000121. The van der Waals surface area contributed by atoms with Crippen LogP contribution in [-0.4, -0.2) is 66.7 Å². The van der Waals surface area contributed by atoms with Crippen LogP contribution in [0.2, 0.25) is 0 Å². The van der Waals surface area contributed by atoms with E-state index in [0.717, 1.165) is 45.4 Å². The van der Waals surface area contributed by atoms with E-state index in [0.29, 0.717) is 25.2 Å². The van der Waals surface area contributed by atoms with Gasteiger partial charge in [0.15, 0.2) is 0 Å². The molecule has 2 bridgehead atoms. The van der Waals surface area contributed by atoms with Crippen LogP contribution in [0.25, 0.3) is 0 Å². The Morgan fingerprint density at radius 3 is 2.69 bits per heavy atom. The number of benzene rings is 1. The largest absolute Gasteiger partial charge is 0.366 e. The van der Waals surface area contributed by atoms with E-state index in [1.807, 2.05) is 6.07 Å². The molecule has 7 heteroatoms. The third kappa shape index (κ3) is 4.70. The Hall–Kier alpha value is -0.850. The zero-order chi connectivity index (χ0) is 16.4. The second-order valence-corrected chi connectivity index (χ2v) is 7.20. The van der Waals surface area contributed by atoms with Gasteiger partial charge in [-0.1, -0.05) is 30.3 Å². The van der Waals surface area contributed by atoms with Gasteiger partial charge in [0, 0.05) is 38.3 Å². The van der Waals surface area contributed by atoms with E-state index in [4.69, 9.17) is 4.74 Å². The number of carbonyl (C=O) groups is 1. The van der Waals surface area contributed by atoms with Crippen LogP contribution in [0.15, 0.2) is 30.3 Å². The molecule has 1 aromatic rings. The molecule has 26 heavy (non-hydrogen) atoms. The first-order valence-corrected chi connectivity index (χ1v) is 9.22. The summed E-state index contributed by atoms with van der Waals surface area (Å²) in [6.07, 6.45) is 3.05. The number of nitrogens with one attached hydrogen (secondary N) is 1. The van der Waals surface area contributed by atoms with Gasteiger partial charge >= 0.3 is 0 Å². The molecule has 5 nitrogen and oxygen atoms in total. The highest BCUT2D eigenvalue weighted by Crippen LogP contribution is 2.29. The summed E-state index contributed by atoms with van der Waals surface area (Å²) in [7, 11) is 0. The fraction of sp³-hybridized carbons (Fsp3) is 0.632. The van der Waals surface area contributed by atoms with Crippen molar-refractivity contribution in [3.63, 3.8) is 0 Å². The first-order chi connectivity index (χ1) is 11.8. The molecule has 0 aromatic heterocycles. The molecule has 1 N–H and O–H groups in total. The minimum Gasteiger partial charge on any atom is -0.366 e. The smallest absolute Gasteiger partial charge is 0.253 e. The molecule has 0 saturated carbocycles. The van der Waals surface area contributed by atoms with Gasteiger partial charge in [-0.3, -0.25) is 9.69 Å². The van der Waals surface area contributed by atoms with Crippen LogP contribution in [0.5, 0.6) is 0 Å². The molecule has 1 amide bonds. The Morgan fingerprint density at radius 2 is 1.88 bits per heavy atom. The lowest BCUT2D eigenvalue weighted by Crippen LogP contribution is -2.54. The van der Waals surface area contributed by atoms with Gasteiger partial charge in [0.25, 0.3) is 5.91 Å². The van der Waals surface area contributed by atoms with Crippen molar-refractivity contribution in [1.29, 1.82) is 0 Å². The first-order valence-electron chi connectivity index (χ1n) is 9.22. The van der Waals surface area contributed by atoms with Gasteiger partial charge in [-0.05, 0) is 31.4 Å².